The molecule has 0 spiro atoms. The van der Waals surface area contributed by atoms with Gasteiger partial charge in [0.05, 0.1) is 32.0 Å². The molecule has 1 aromatic carbocycles. The number of hydrogen-bond donors (Lipinski definition) is 3. The van der Waals surface area contributed by atoms with E-state index in [4.69, 9.17) is 9.47 Å². The molecule has 29 heavy (non-hydrogen) atoms. The molecule has 0 saturated carbocycles. The molecule has 3 N–H and O–H groups in total. The number of aliphatic imine (C=N–C) groups is 1. The predicted octanol–water partition coefficient (Wildman–Crippen LogP) is 1.27. The van der Waals surface area contributed by atoms with Crippen LogP contribution in [0.1, 0.15) is 25.8 Å². The van der Waals surface area contributed by atoms with Gasteiger partial charge in [-0.15, -0.1) is 0 Å². The largest absolute Gasteiger partial charge is 0.387 e. The van der Waals surface area contributed by atoms with Gasteiger partial charge in [-0.3, -0.25) is 9.89 Å². The van der Waals surface area contributed by atoms with Gasteiger partial charge in [-0.05, 0) is 32.3 Å². The molecule has 0 radical (unpaired) electrons. The lowest BCUT2D eigenvalue weighted by Crippen LogP contribution is -2.48. The van der Waals surface area contributed by atoms with E-state index in [1.54, 1.807) is 0 Å². The zero-order valence-electron chi connectivity index (χ0n) is 18.0. The maximum Gasteiger partial charge on any atom is 0.191 e. The first-order valence-corrected chi connectivity index (χ1v) is 10.8. The lowest BCUT2D eigenvalue weighted by Gasteiger charge is -2.33. The van der Waals surface area contributed by atoms with Crippen LogP contribution < -0.4 is 10.6 Å². The van der Waals surface area contributed by atoms with Crippen molar-refractivity contribution in [1.82, 2.24) is 15.5 Å². The third-order valence-corrected chi connectivity index (χ3v) is 4.73. The molecular formula is C22H38N4O3. The maximum atomic E-state index is 10.7. The standard InChI is InChI=1S/C22H38N4O3/c1-3-23-21(25-18-22(2,27)19-26-12-16-29-17-13-26)24-11-7-14-28-15-10-20-8-5-4-6-9-20/h4-6,8-9,27H,3,7,10-19H2,1-2H3,(H2,23,24,25). The molecule has 0 amide bonds. The van der Waals surface area contributed by atoms with Gasteiger partial charge in [0.2, 0.25) is 0 Å². The summed E-state index contributed by atoms with van der Waals surface area (Å²) in [4.78, 5) is 6.80. The molecule has 1 heterocycles. The number of β-amino-alcohol motifs (C(OH)–C–C–N with tert-alkyl or cyclic N) is 1. The summed E-state index contributed by atoms with van der Waals surface area (Å²) >= 11 is 0. The maximum absolute atomic E-state index is 10.7. The van der Waals surface area contributed by atoms with E-state index in [0.29, 0.717) is 19.7 Å². The van der Waals surface area contributed by atoms with Crippen molar-refractivity contribution in [2.75, 3.05) is 65.7 Å². The number of ether oxygens (including phenoxy) is 2. The van der Waals surface area contributed by atoms with E-state index in [1.807, 2.05) is 19.9 Å². The Bertz CT molecular complexity index is 575. The smallest absolute Gasteiger partial charge is 0.191 e. The summed E-state index contributed by atoms with van der Waals surface area (Å²) in [5.74, 6) is 0.735. The van der Waals surface area contributed by atoms with Crippen molar-refractivity contribution in [1.29, 1.82) is 0 Å². The monoisotopic (exact) mass is 406 g/mol. The molecule has 7 heteroatoms. The summed E-state index contributed by atoms with van der Waals surface area (Å²) < 4.78 is 11.1. The third kappa shape index (κ3) is 10.6. The molecule has 1 saturated heterocycles. The van der Waals surface area contributed by atoms with E-state index in [0.717, 1.165) is 64.8 Å². The average molecular weight is 407 g/mol. The second-order valence-electron chi connectivity index (χ2n) is 7.71. The molecule has 1 aliphatic heterocycles. The van der Waals surface area contributed by atoms with Crippen LogP contribution in [0.5, 0.6) is 0 Å². The van der Waals surface area contributed by atoms with Crippen molar-refractivity contribution in [3.63, 3.8) is 0 Å². The highest BCUT2D eigenvalue weighted by Crippen LogP contribution is 2.09. The summed E-state index contributed by atoms with van der Waals surface area (Å²) in [5.41, 5.74) is 0.441. The van der Waals surface area contributed by atoms with Crippen molar-refractivity contribution in [3.05, 3.63) is 35.9 Å². The highest BCUT2D eigenvalue weighted by atomic mass is 16.5. The van der Waals surface area contributed by atoms with Crippen LogP contribution in [0.2, 0.25) is 0 Å². The number of morpholine rings is 1. The van der Waals surface area contributed by atoms with Crippen LogP contribution in [-0.4, -0.2) is 87.3 Å². The van der Waals surface area contributed by atoms with Gasteiger partial charge in [0.1, 0.15) is 0 Å². The minimum atomic E-state index is -0.861. The van der Waals surface area contributed by atoms with E-state index < -0.39 is 5.60 Å². The zero-order valence-corrected chi connectivity index (χ0v) is 18.0. The summed E-state index contributed by atoms with van der Waals surface area (Å²) in [6.45, 7) is 11.1. The Morgan fingerprint density at radius 3 is 2.69 bits per heavy atom. The molecule has 1 aliphatic rings. The molecule has 0 aromatic heterocycles. The molecule has 1 fully saturated rings. The van der Waals surface area contributed by atoms with Gasteiger partial charge in [0, 0.05) is 39.3 Å². The van der Waals surface area contributed by atoms with Crippen molar-refractivity contribution >= 4 is 5.96 Å². The molecule has 0 aliphatic carbocycles. The number of nitrogens with zero attached hydrogens (tertiary/aromatic N) is 2. The minimum Gasteiger partial charge on any atom is -0.387 e. The van der Waals surface area contributed by atoms with Crippen molar-refractivity contribution < 1.29 is 14.6 Å². The zero-order chi connectivity index (χ0) is 20.8. The molecule has 2 rings (SSSR count). The molecule has 1 atom stereocenters. The normalized spacial score (nSPS) is 17.7. The molecule has 1 aromatic rings. The first-order chi connectivity index (χ1) is 14.1. The van der Waals surface area contributed by atoms with Gasteiger partial charge in [-0.1, -0.05) is 30.3 Å². The number of hydrogen-bond acceptors (Lipinski definition) is 5. The van der Waals surface area contributed by atoms with E-state index >= 15 is 0 Å². The van der Waals surface area contributed by atoms with Gasteiger partial charge in [0.25, 0.3) is 0 Å². The fourth-order valence-electron chi connectivity index (χ4n) is 3.20. The van der Waals surface area contributed by atoms with Crippen molar-refractivity contribution in [2.24, 2.45) is 4.99 Å². The van der Waals surface area contributed by atoms with E-state index in [2.05, 4.69) is 44.8 Å². The summed E-state index contributed by atoms with van der Waals surface area (Å²) in [5, 5.41) is 17.2. The van der Waals surface area contributed by atoms with Crippen molar-refractivity contribution in [2.45, 2.75) is 32.3 Å². The van der Waals surface area contributed by atoms with Crippen LogP contribution in [0.15, 0.2) is 35.3 Å². The van der Waals surface area contributed by atoms with Gasteiger partial charge >= 0.3 is 0 Å². The Morgan fingerprint density at radius 2 is 1.97 bits per heavy atom. The van der Waals surface area contributed by atoms with E-state index in [-0.39, 0.29) is 0 Å². The van der Waals surface area contributed by atoms with Gasteiger partial charge in [0.15, 0.2) is 5.96 Å². The highest BCUT2D eigenvalue weighted by Gasteiger charge is 2.25. The van der Waals surface area contributed by atoms with Crippen LogP contribution in [0.4, 0.5) is 0 Å². The highest BCUT2D eigenvalue weighted by molar-refractivity contribution is 5.79. The quantitative estimate of drug-likeness (QED) is 0.276. The van der Waals surface area contributed by atoms with Gasteiger partial charge in [-0.2, -0.15) is 0 Å². The summed E-state index contributed by atoms with van der Waals surface area (Å²) in [7, 11) is 0. The van der Waals surface area contributed by atoms with E-state index in [9.17, 15) is 5.11 Å². The average Bonchev–Trinajstić information content (AvgIpc) is 2.72. The number of aliphatic hydroxyl groups is 1. The number of nitrogens with one attached hydrogen (secondary N) is 2. The number of guanidine groups is 1. The summed E-state index contributed by atoms with van der Waals surface area (Å²) in [6.07, 6.45) is 1.85. The van der Waals surface area contributed by atoms with Crippen molar-refractivity contribution in [3.8, 4) is 0 Å². The second kappa shape index (κ2) is 13.5. The first kappa shape index (κ1) is 23.6. The van der Waals surface area contributed by atoms with Crippen LogP contribution in [0.25, 0.3) is 0 Å². The third-order valence-electron chi connectivity index (χ3n) is 4.73. The van der Waals surface area contributed by atoms with E-state index in [1.165, 1.54) is 5.56 Å². The number of rotatable bonds is 12. The Labute approximate surface area is 175 Å². The minimum absolute atomic E-state index is 0.354. The first-order valence-electron chi connectivity index (χ1n) is 10.8. The summed E-state index contributed by atoms with van der Waals surface area (Å²) in [6, 6.07) is 10.4. The fraction of sp³-hybridized carbons (Fsp3) is 0.682. The lowest BCUT2D eigenvalue weighted by atomic mass is 10.1. The van der Waals surface area contributed by atoms with Gasteiger partial charge < -0.3 is 25.2 Å². The predicted molar refractivity (Wildman–Crippen MR) is 117 cm³/mol. The molecular weight excluding hydrogens is 368 g/mol. The number of benzene rings is 1. The van der Waals surface area contributed by atoms with Crippen LogP contribution in [-0.2, 0) is 15.9 Å². The second-order valence-corrected chi connectivity index (χ2v) is 7.71. The Balaban J connectivity index is 1.62. The fourth-order valence-corrected chi connectivity index (χ4v) is 3.20. The lowest BCUT2D eigenvalue weighted by molar-refractivity contribution is -0.0180. The SMILES string of the molecule is CCNC(=NCC(C)(O)CN1CCOCC1)NCCCOCCc1ccccc1. The Hall–Kier alpha value is -1.67. The molecule has 1 unspecified atom stereocenters. The van der Waals surface area contributed by atoms with Crippen LogP contribution in [0.3, 0.4) is 0 Å². The molecule has 0 bridgehead atoms. The topological polar surface area (TPSA) is 78.4 Å². The molecule has 164 valence electrons. The Kier molecular flexibility index (Phi) is 11.0. The van der Waals surface area contributed by atoms with Gasteiger partial charge in [-0.25, -0.2) is 0 Å². The molecule has 7 nitrogen and oxygen atoms in total. The van der Waals surface area contributed by atoms with Crippen LogP contribution in [0, 0.1) is 0 Å². The van der Waals surface area contributed by atoms with Crippen LogP contribution >= 0.6 is 0 Å². The Morgan fingerprint density at radius 1 is 1.21 bits per heavy atom.